The predicted molar refractivity (Wildman–Crippen MR) is 110 cm³/mol. The van der Waals surface area contributed by atoms with E-state index in [4.69, 9.17) is 0 Å². The van der Waals surface area contributed by atoms with Crippen LogP contribution >= 0.6 is 24.0 Å². The number of hydrogen-bond acceptors (Lipinski definition) is 4. The molecule has 1 aromatic rings. The fourth-order valence-corrected chi connectivity index (χ4v) is 2.86. The zero-order valence-electron chi connectivity index (χ0n) is 15.0. The number of aromatic nitrogens is 2. The smallest absolute Gasteiger partial charge is 0.191 e. The molecule has 1 heterocycles. The second-order valence-corrected chi connectivity index (χ2v) is 7.93. The largest absolute Gasteiger partial charge is 0.357 e. The minimum Gasteiger partial charge on any atom is -0.357 e. The first-order valence-corrected chi connectivity index (χ1v) is 10.1. The molecule has 0 unspecified atom stereocenters. The molecule has 0 saturated heterocycles. The second-order valence-electron chi connectivity index (χ2n) is 5.67. The van der Waals surface area contributed by atoms with Gasteiger partial charge < -0.3 is 10.6 Å². The zero-order chi connectivity index (χ0) is 17.3. The third-order valence-electron chi connectivity index (χ3n) is 3.23. The highest BCUT2D eigenvalue weighted by Crippen LogP contribution is 2.02. The Balaban J connectivity index is 0.00000529. The number of hydrogen-bond donors (Lipinski definition) is 2. The van der Waals surface area contributed by atoms with Gasteiger partial charge in [-0.3, -0.25) is 9.67 Å². The summed E-state index contributed by atoms with van der Waals surface area (Å²) in [6, 6.07) is 2.07. The van der Waals surface area contributed by atoms with Crippen LogP contribution in [0.25, 0.3) is 0 Å². The Morgan fingerprint density at radius 1 is 1.29 bits per heavy atom. The summed E-state index contributed by atoms with van der Waals surface area (Å²) in [7, 11) is -2.90. The maximum atomic E-state index is 11.1. The van der Waals surface area contributed by atoms with Crippen LogP contribution in [0.4, 0.5) is 0 Å². The molecule has 0 aliphatic rings. The van der Waals surface area contributed by atoms with Gasteiger partial charge in [0.1, 0.15) is 9.84 Å². The van der Waals surface area contributed by atoms with Crippen LogP contribution in [0.5, 0.6) is 0 Å². The third kappa shape index (κ3) is 10.1. The first-order valence-electron chi connectivity index (χ1n) is 8.03. The molecule has 1 rings (SSSR count). The summed E-state index contributed by atoms with van der Waals surface area (Å²) in [6.45, 7) is 8.95. The molecule has 140 valence electrons. The first kappa shape index (κ1) is 23.2. The van der Waals surface area contributed by atoms with Gasteiger partial charge in [0.25, 0.3) is 0 Å². The van der Waals surface area contributed by atoms with Crippen LogP contribution in [0.2, 0.25) is 0 Å². The van der Waals surface area contributed by atoms with E-state index in [-0.39, 0.29) is 29.7 Å². The molecule has 24 heavy (non-hydrogen) atoms. The van der Waals surface area contributed by atoms with E-state index >= 15 is 0 Å². The van der Waals surface area contributed by atoms with Gasteiger partial charge in [0, 0.05) is 38.1 Å². The lowest BCUT2D eigenvalue weighted by atomic mass is 10.4. The molecular weight excluding hydrogens is 441 g/mol. The number of nitrogens with zero attached hydrogens (tertiary/aromatic N) is 3. The molecule has 7 nitrogen and oxygen atoms in total. The highest BCUT2D eigenvalue weighted by molar-refractivity contribution is 14.0. The van der Waals surface area contributed by atoms with Crippen LogP contribution in [0.3, 0.4) is 0 Å². The Kier molecular flexibility index (Phi) is 11.3. The van der Waals surface area contributed by atoms with Crippen molar-refractivity contribution in [3.05, 3.63) is 17.5 Å². The molecule has 0 aromatic carbocycles. The monoisotopic (exact) mass is 471 g/mol. The summed E-state index contributed by atoms with van der Waals surface area (Å²) in [5.41, 5.74) is 2.20. The van der Waals surface area contributed by atoms with Crippen molar-refractivity contribution in [1.29, 1.82) is 0 Å². The van der Waals surface area contributed by atoms with Crippen molar-refractivity contribution in [3.8, 4) is 0 Å². The van der Waals surface area contributed by atoms with Gasteiger partial charge in [0.2, 0.25) is 0 Å². The number of aryl methyl sites for hydroxylation is 3. The molecule has 0 fully saturated rings. The average Bonchev–Trinajstić information content (AvgIpc) is 2.76. The Hall–Kier alpha value is -0.840. The number of rotatable bonds is 9. The van der Waals surface area contributed by atoms with Gasteiger partial charge in [-0.2, -0.15) is 5.10 Å². The van der Waals surface area contributed by atoms with Gasteiger partial charge in [-0.25, -0.2) is 8.42 Å². The molecule has 0 aliphatic carbocycles. The van der Waals surface area contributed by atoms with Crippen molar-refractivity contribution >= 4 is 39.8 Å². The molecular formula is C15H30IN5O2S. The van der Waals surface area contributed by atoms with Crippen LogP contribution < -0.4 is 10.6 Å². The number of guanidine groups is 1. The minimum absolute atomic E-state index is 0. The summed E-state index contributed by atoms with van der Waals surface area (Å²) < 4.78 is 24.2. The second kappa shape index (κ2) is 11.7. The molecule has 9 heteroatoms. The number of aliphatic imine (C=N–C) groups is 1. The first-order chi connectivity index (χ1) is 10.8. The number of halogens is 1. The molecule has 0 saturated carbocycles. The van der Waals surface area contributed by atoms with Crippen molar-refractivity contribution in [3.63, 3.8) is 0 Å². The van der Waals surface area contributed by atoms with E-state index in [2.05, 4.69) is 33.7 Å². The summed E-state index contributed by atoms with van der Waals surface area (Å²) in [5.74, 6) is 0.923. The van der Waals surface area contributed by atoms with Gasteiger partial charge in [0.05, 0.1) is 11.4 Å². The van der Waals surface area contributed by atoms with Crippen molar-refractivity contribution in [1.82, 2.24) is 20.4 Å². The molecule has 2 N–H and O–H groups in total. The van der Waals surface area contributed by atoms with E-state index in [1.165, 1.54) is 6.26 Å². The minimum atomic E-state index is -2.90. The van der Waals surface area contributed by atoms with Crippen molar-refractivity contribution < 1.29 is 8.42 Å². The summed E-state index contributed by atoms with van der Waals surface area (Å²) in [6.07, 6.45) is 2.74. The van der Waals surface area contributed by atoms with Crippen molar-refractivity contribution in [2.24, 2.45) is 4.99 Å². The lowest BCUT2D eigenvalue weighted by Gasteiger charge is -2.11. The van der Waals surface area contributed by atoms with Crippen LogP contribution in [0.1, 0.15) is 31.2 Å². The molecule has 0 amide bonds. The van der Waals surface area contributed by atoms with Crippen molar-refractivity contribution in [2.45, 2.75) is 40.2 Å². The normalized spacial score (nSPS) is 11.9. The maximum absolute atomic E-state index is 11.1. The summed E-state index contributed by atoms with van der Waals surface area (Å²) in [4.78, 5) is 4.50. The van der Waals surface area contributed by atoms with Crippen LogP contribution in [-0.2, 0) is 16.4 Å². The molecule has 0 spiro atoms. The lowest BCUT2D eigenvalue weighted by Crippen LogP contribution is -2.38. The molecule has 0 radical (unpaired) electrons. The van der Waals surface area contributed by atoms with E-state index in [9.17, 15) is 8.42 Å². The summed E-state index contributed by atoms with van der Waals surface area (Å²) >= 11 is 0. The highest BCUT2D eigenvalue weighted by Gasteiger charge is 2.03. The SMILES string of the molecule is CCNC(=NCCCn1nc(C)cc1C)NCCCS(C)(=O)=O.I. The molecule has 0 bridgehead atoms. The van der Waals surface area contributed by atoms with Gasteiger partial charge >= 0.3 is 0 Å². The van der Waals surface area contributed by atoms with E-state index in [0.29, 0.717) is 19.5 Å². The number of nitrogens with one attached hydrogen (secondary N) is 2. The Morgan fingerprint density at radius 2 is 2.00 bits per heavy atom. The lowest BCUT2D eigenvalue weighted by molar-refractivity contribution is 0.567. The predicted octanol–water partition coefficient (Wildman–Crippen LogP) is 1.50. The van der Waals surface area contributed by atoms with Gasteiger partial charge in [-0.15, -0.1) is 24.0 Å². The quantitative estimate of drug-likeness (QED) is 0.247. The van der Waals surface area contributed by atoms with E-state index in [1.54, 1.807) is 0 Å². The number of sulfone groups is 1. The molecule has 1 aromatic heterocycles. The van der Waals surface area contributed by atoms with Crippen molar-refractivity contribution in [2.75, 3.05) is 31.6 Å². The molecule has 0 aliphatic heterocycles. The standard InChI is InChI=1S/C15H29N5O2S.HI/c1-5-16-15(18-9-7-11-23(4,21)22)17-8-6-10-20-14(3)12-13(2)19-20;/h12H,5-11H2,1-4H3,(H2,16,17,18);1H. The van der Waals surface area contributed by atoms with Gasteiger partial charge in [-0.05, 0) is 39.7 Å². The van der Waals surface area contributed by atoms with Crippen LogP contribution in [0, 0.1) is 13.8 Å². The van der Waals surface area contributed by atoms with E-state index < -0.39 is 9.84 Å². The topological polar surface area (TPSA) is 88.4 Å². The average molecular weight is 471 g/mol. The van der Waals surface area contributed by atoms with Gasteiger partial charge in [-0.1, -0.05) is 0 Å². The Labute approximate surface area is 162 Å². The fraction of sp³-hybridized carbons (Fsp3) is 0.733. The molecule has 0 atom stereocenters. The zero-order valence-corrected chi connectivity index (χ0v) is 18.1. The third-order valence-corrected chi connectivity index (χ3v) is 4.26. The van der Waals surface area contributed by atoms with Gasteiger partial charge in [0.15, 0.2) is 5.96 Å². The van der Waals surface area contributed by atoms with E-state index in [1.807, 2.05) is 18.5 Å². The Bertz CT molecular complexity index is 613. The fourth-order valence-electron chi connectivity index (χ4n) is 2.20. The van der Waals surface area contributed by atoms with Crippen LogP contribution in [0.15, 0.2) is 11.1 Å². The van der Waals surface area contributed by atoms with Crippen LogP contribution in [-0.4, -0.2) is 55.8 Å². The maximum Gasteiger partial charge on any atom is 0.191 e. The summed E-state index contributed by atoms with van der Waals surface area (Å²) in [5, 5.41) is 10.7. The van der Waals surface area contributed by atoms with E-state index in [0.717, 1.165) is 36.9 Å². The highest BCUT2D eigenvalue weighted by atomic mass is 127. The Morgan fingerprint density at radius 3 is 2.54 bits per heavy atom.